The molecular formula is C19H29NO5. The zero-order valence-corrected chi connectivity index (χ0v) is 15.6. The molecule has 3 N–H and O–H groups in total. The molecule has 140 valence electrons. The summed E-state index contributed by atoms with van der Waals surface area (Å²) in [5.74, 6) is -0.0663. The first-order valence-corrected chi connectivity index (χ1v) is 8.48. The number of ether oxygens (including phenoxy) is 1. The van der Waals surface area contributed by atoms with Crippen LogP contribution in [0.2, 0.25) is 0 Å². The Labute approximate surface area is 149 Å². The molecule has 2 unspecified atom stereocenters. The van der Waals surface area contributed by atoms with E-state index in [9.17, 15) is 19.8 Å². The lowest BCUT2D eigenvalue weighted by Crippen LogP contribution is -2.34. The van der Waals surface area contributed by atoms with E-state index in [2.05, 4.69) is 5.32 Å². The largest absolute Gasteiger partial charge is 0.444 e. The second-order valence-corrected chi connectivity index (χ2v) is 7.37. The summed E-state index contributed by atoms with van der Waals surface area (Å²) in [6.07, 6.45) is -2.52. The molecule has 1 amide bonds. The van der Waals surface area contributed by atoms with Crippen LogP contribution in [-0.2, 0) is 4.74 Å². The molecule has 0 saturated heterocycles. The number of Topliss-reactive ketones (excluding diaryl/α,β-unsaturated/α-hetero) is 1. The van der Waals surface area contributed by atoms with Crippen LogP contribution in [0.3, 0.4) is 0 Å². The Kier molecular flexibility index (Phi) is 7.58. The van der Waals surface area contributed by atoms with Crippen LogP contribution in [0.15, 0.2) is 24.3 Å². The molecule has 0 aliphatic carbocycles. The van der Waals surface area contributed by atoms with Crippen LogP contribution >= 0.6 is 0 Å². The van der Waals surface area contributed by atoms with E-state index in [0.717, 1.165) is 0 Å². The highest BCUT2D eigenvalue weighted by Gasteiger charge is 2.20. The molecule has 6 nitrogen and oxygen atoms in total. The summed E-state index contributed by atoms with van der Waals surface area (Å²) in [6, 6.07) is 6.55. The SMILES string of the molecule is CC(C)C(=O)c1ccc(C(O)C(O)CCNC(=O)OC(C)(C)C)cc1. The Morgan fingerprint density at radius 2 is 1.68 bits per heavy atom. The van der Waals surface area contributed by atoms with Crippen molar-refractivity contribution < 1.29 is 24.5 Å². The molecule has 0 spiro atoms. The van der Waals surface area contributed by atoms with Gasteiger partial charge in [-0.05, 0) is 32.8 Å². The Balaban J connectivity index is 2.52. The van der Waals surface area contributed by atoms with Gasteiger partial charge in [0.1, 0.15) is 11.7 Å². The van der Waals surface area contributed by atoms with Gasteiger partial charge in [-0.25, -0.2) is 4.79 Å². The zero-order valence-electron chi connectivity index (χ0n) is 15.6. The van der Waals surface area contributed by atoms with Crippen LogP contribution in [0.25, 0.3) is 0 Å². The van der Waals surface area contributed by atoms with Crippen LogP contribution in [0.5, 0.6) is 0 Å². The molecular weight excluding hydrogens is 322 g/mol. The number of benzene rings is 1. The number of carbonyl (C=O) groups excluding carboxylic acids is 2. The summed E-state index contributed by atoms with van der Waals surface area (Å²) in [5, 5.41) is 22.8. The van der Waals surface area contributed by atoms with Crippen molar-refractivity contribution in [3.05, 3.63) is 35.4 Å². The van der Waals surface area contributed by atoms with Gasteiger partial charge in [0.2, 0.25) is 0 Å². The first-order valence-electron chi connectivity index (χ1n) is 8.48. The van der Waals surface area contributed by atoms with Gasteiger partial charge in [-0.3, -0.25) is 4.79 Å². The normalized spacial score (nSPS) is 14.1. The smallest absolute Gasteiger partial charge is 0.407 e. The Morgan fingerprint density at radius 3 is 2.16 bits per heavy atom. The standard InChI is InChI=1S/C19H29NO5/c1-12(2)16(22)13-6-8-14(9-7-13)17(23)15(21)10-11-20-18(24)25-19(3,4)5/h6-9,12,15,17,21,23H,10-11H2,1-5H3,(H,20,24). The average molecular weight is 351 g/mol. The lowest BCUT2D eigenvalue weighted by atomic mass is 9.97. The predicted molar refractivity (Wildman–Crippen MR) is 95.4 cm³/mol. The summed E-state index contributed by atoms with van der Waals surface area (Å²) >= 11 is 0. The number of aliphatic hydroxyl groups excluding tert-OH is 2. The fourth-order valence-corrected chi connectivity index (χ4v) is 2.19. The fraction of sp³-hybridized carbons (Fsp3) is 0.579. The van der Waals surface area contributed by atoms with Crippen LogP contribution in [0.1, 0.15) is 63.1 Å². The first-order chi connectivity index (χ1) is 11.5. The third-order valence-corrected chi connectivity index (χ3v) is 3.53. The molecule has 0 aliphatic heterocycles. The van der Waals surface area contributed by atoms with Crippen LogP contribution in [0.4, 0.5) is 4.79 Å². The van der Waals surface area contributed by atoms with Crippen molar-refractivity contribution in [3.63, 3.8) is 0 Å². The number of hydrogen-bond donors (Lipinski definition) is 3. The third-order valence-electron chi connectivity index (χ3n) is 3.53. The van der Waals surface area contributed by atoms with Crippen molar-refractivity contribution >= 4 is 11.9 Å². The molecule has 0 aliphatic rings. The van der Waals surface area contributed by atoms with Crippen molar-refractivity contribution in [2.45, 2.75) is 58.8 Å². The van der Waals surface area contributed by atoms with Gasteiger partial charge in [0.25, 0.3) is 0 Å². The number of alkyl carbamates (subject to hydrolysis) is 1. The first kappa shape index (κ1) is 21.1. The lowest BCUT2D eigenvalue weighted by molar-refractivity contribution is 0.0123. The second kappa shape index (κ2) is 8.97. The van der Waals surface area contributed by atoms with E-state index in [-0.39, 0.29) is 24.7 Å². The van der Waals surface area contributed by atoms with Crippen molar-refractivity contribution in [3.8, 4) is 0 Å². The lowest BCUT2D eigenvalue weighted by Gasteiger charge is -2.21. The van der Waals surface area contributed by atoms with E-state index in [1.807, 2.05) is 13.8 Å². The molecule has 0 radical (unpaired) electrons. The van der Waals surface area contributed by atoms with Crippen LogP contribution < -0.4 is 5.32 Å². The number of nitrogens with one attached hydrogen (secondary N) is 1. The zero-order chi connectivity index (χ0) is 19.2. The molecule has 1 aromatic rings. The predicted octanol–water partition coefficient (Wildman–Crippen LogP) is 2.83. The number of aliphatic hydroxyl groups is 2. The monoisotopic (exact) mass is 351 g/mol. The van der Waals surface area contributed by atoms with E-state index in [4.69, 9.17) is 4.74 Å². The third kappa shape index (κ3) is 7.23. The Hall–Kier alpha value is -1.92. The van der Waals surface area contributed by atoms with Crippen LogP contribution in [-0.4, -0.2) is 40.3 Å². The molecule has 0 fully saturated rings. The number of rotatable bonds is 7. The van der Waals surface area contributed by atoms with E-state index < -0.39 is 23.9 Å². The van der Waals surface area contributed by atoms with Gasteiger partial charge < -0.3 is 20.3 Å². The Morgan fingerprint density at radius 1 is 1.12 bits per heavy atom. The highest BCUT2D eigenvalue weighted by atomic mass is 16.6. The quantitative estimate of drug-likeness (QED) is 0.657. The van der Waals surface area contributed by atoms with Gasteiger partial charge in [0, 0.05) is 18.0 Å². The van der Waals surface area contributed by atoms with Gasteiger partial charge in [-0.15, -0.1) is 0 Å². The second-order valence-electron chi connectivity index (χ2n) is 7.37. The van der Waals surface area contributed by atoms with E-state index in [1.54, 1.807) is 45.0 Å². The maximum Gasteiger partial charge on any atom is 0.407 e. The van der Waals surface area contributed by atoms with Crippen molar-refractivity contribution in [2.75, 3.05) is 6.54 Å². The van der Waals surface area contributed by atoms with Crippen LogP contribution in [0, 0.1) is 5.92 Å². The number of ketones is 1. The highest BCUT2D eigenvalue weighted by molar-refractivity contribution is 5.97. The molecule has 25 heavy (non-hydrogen) atoms. The highest BCUT2D eigenvalue weighted by Crippen LogP contribution is 2.20. The summed E-state index contributed by atoms with van der Waals surface area (Å²) in [6.45, 7) is 9.12. The Bertz CT molecular complexity index is 574. The van der Waals surface area contributed by atoms with Gasteiger partial charge in [-0.1, -0.05) is 38.1 Å². The van der Waals surface area contributed by atoms with E-state index >= 15 is 0 Å². The average Bonchev–Trinajstić information content (AvgIpc) is 2.51. The van der Waals surface area contributed by atoms with E-state index in [1.165, 1.54) is 0 Å². The topological polar surface area (TPSA) is 95.9 Å². The van der Waals surface area contributed by atoms with Crippen molar-refractivity contribution in [1.29, 1.82) is 0 Å². The number of amides is 1. The number of carbonyl (C=O) groups is 2. The molecule has 6 heteroatoms. The molecule has 0 bridgehead atoms. The van der Waals surface area contributed by atoms with Gasteiger partial charge in [0.05, 0.1) is 6.10 Å². The van der Waals surface area contributed by atoms with Gasteiger partial charge in [0.15, 0.2) is 5.78 Å². The van der Waals surface area contributed by atoms with Crippen molar-refractivity contribution in [2.24, 2.45) is 5.92 Å². The van der Waals surface area contributed by atoms with Gasteiger partial charge in [-0.2, -0.15) is 0 Å². The molecule has 0 heterocycles. The molecule has 2 atom stereocenters. The van der Waals surface area contributed by atoms with Crippen molar-refractivity contribution in [1.82, 2.24) is 5.32 Å². The summed E-state index contributed by atoms with van der Waals surface area (Å²) in [5.41, 5.74) is 0.509. The fourth-order valence-electron chi connectivity index (χ4n) is 2.19. The summed E-state index contributed by atoms with van der Waals surface area (Å²) in [7, 11) is 0. The number of hydrogen-bond acceptors (Lipinski definition) is 5. The molecule has 1 aromatic carbocycles. The van der Waals surface area contributed by atoms with Gasteiger partial charge >= 0.3 is 6.09 Å². The minimum Gasteiger partial charge on any atom is -0.444 e. The summed E-state index contributed by atoms with van der Waals surface area (Å²) < 4.78 is 5.09. The summed E-state index contributed by atoms with van der Waals surface area (Å²) in [4.78, 5) is 23.4. The maximum atomic E-state index is 11.9. The molecule has 1 rings (SSSR count). The minimum atomic E-state index is -1.09. The maximum absolute atomic E-state index is 11.9. The van der Waals surface area contributed by atoms with E-state index in [0.29, 0.717) is 11.1 Å². The molecule has 0 aromatic heterocycles. The minimum absolute atomic E-state index is 0.0307. The molecule has 0 saturated carbocycles.